The molecule has 0 radical (unpaired) electrons. The number of hydrogen-bond donors (Lipinski definition) is 3. The highest BCUT2D eigenvalue weighted by Crippen LogP contribution is 2.47. The van der Waals surface area contributed by atoms with Gasteiger partial charge in [0, 0.05) is 36.1 Å². The quantitative estimate of drug-likeness (QED) is 0.308. The first-order chi connectivity index (χ1) is 24.5. The number of halogens is 3. The van der Waals surface area contributed by atoms with Crippen molar-refractivity contribution in [3.63, 3.8) is 0 Å². The van der Waals surface area contributed by atoms with Gasteiger partial charge in [-0.3, -0.25) is 24.4 Å². The molecule has 5 atom stereocenters. The minimum Gasteiger partial charge on any atom is -0.446 e. The van der Waals surface area contributed by atoms with Crippen molar-refractivity contribution in [2.24, 2.45) is 17.8 Å². The molecule has 1 aliphatic heterocycles. The summed E-state index contributed by atoms with van der Waals surface area (Å²) in [5.41, 5.74) is -2.42. The molecule has 0 bridgehead atoms. The first-order valence-corrected chi connectivity index (χ1v) is 19.8. The summed E-state index contributed by atoms with van der Waals surface area (Å²) in [5, 5.41) is 4.96. The number of carbonyl (C=O) groups is 4. The largest absolute Gasteiger partial charge is 0.446 e. The predicted octanol–water partition coefficient (Wildman–Crippen LogP) is 5.58. The molecule has 12 nitrogen and oxygen atoms in total. The van der Waals surface area contributed by atoms with E-state index in [0.29, 0.717) is 37.2 Å². The molecule has 282 valence electrons. The van der Waals surface area contributed by atoms with Gasteiger partial charge in [-0.05, 0) is 75.5 Å². The number of aromatic nitrogens is 1. The summed E-state index contributed by atoms with van der Waals surface area (Å²) < 4.78 is 74.3. The molecule has 1 aromatic heterocycles. The molecule has 3 fully saturated rings. The Morgan fingerprint density at radius 1 is 1.13 bits per heavy atom. The highest BCUT2D eigenvalue weighted by Gasteiger charge is 2.62. The summed E-state index contributed by atoms with van der Waals surface area (Å²) in [5.74, 6) is -4.17. The number of nitrogens with one attached hydrogen (secondary N) is 3. The van der Waals surface area contributed by atoms with Crippen LogP contribution in [0.1, 0.15) is 81.6 Å². The standard InChI is InChI=1S/C35H42F3N5O7S2/c1-19(2)28-18-39-30(51-28)24-12-9-20(35(36,37)38)14-27(24)40-33(47)50-22-15-25-26(16-22)31(45)43(3)13-7-5-4-6-8-21-17-34(21,41-29(25)44)32(46)42-52(48,49)23-10-11-23/h6,8-9,12,14,18-19,21-23,25-26H,4-5,7,10-11,13,15-17H2,1-3H3,(H,40,47)(H,41,44)(H,42,46)/t21-,22-,25-,26-,34-/m1/s1. The van der Waals surface area contributed by atoms with Crippen molar-refractivity contribution in [2.75, 3.05) is 18.9 Å². The Hall–Kier alpha value is -3.99. The zero-order chi connectivity index (χ0) is 37.6. The lowest BCUT2D eigenvalue weighted by molar-refractivity contribution is -0.140. The van der Waals surface area contributed by atoms with Crippen LogP contribution in [0.2, 0.25) is 0 Å². The highest BCUT2D eigenvalue weighted by atomic mass is 32.2. The number of sulfonamides is 1. The van der Waals surface area contributed by atoms with Crippen LogP contribution in [0.5, 0.6) is 0 Å². The van der Waals surface area contributed by atoms with Crippen LogP contribution in [0.25, 0.3) is 10.6 Å². The minimum atomic E-state index is -4.69. The molecule has 4 amide bonds. The first kappa shape index (κ1) is 37.8. The number of thiazole rings is 1. The molecule has 2 aromatic rings. The average molecular weight is 766 g/mol. The fraction of sp³-hybridized carbons (Fsp3) is 0.571. The fourth-order valence-electron chi connectivity index (χ4n) is 6.87. The van der Waals surface area contributed by atoms with Crippen molar-refractivity contribution in [3.8, 4) is 10.6 Å². The Labute approximate surface area is 304 Å². The molecule has 1 aromatic carbocycles. The molecule has 0 saturated heterocycles. The van der Waals surface area contributed by atoms with E-state index in [2.05, 4.69) is 20.3 Å². The molecule has 3 N–H and O–H groups in total. The van der Waals surface area contributed by atoms with Crippen LogP contribution >= 0.6 is 11.3 Å². The third-order valence-corrected chi connectivity index (χ3v) is 13.3. The summed E-state index contributed by atoms with van der Waals surface area (Å²) in [6.45, 7) is 4.33. The number of hydrogen-bond acceptors (Lipinski definition) is 9. The maximum Gasteiger partial charge on any atom is 0.416 e. The molecule has 3 aliphatic carbocycles. The first-order valence-electron chi connectivity index (χ1n) is 17.4. The van der Waals surface area contributed by atoms with Gasteiger partial charge in [-0.15, -0.1) is 11.3 Å². The van der Waals surface area contributed by atoms with Gasteiger partial charge in [-0.2, -0.15) is 13.2 Å². The number of carbonyl (C=O) groups excluding carboxylic acids is 4. The Balaban J connectivity index is 1.22. The molecule has 0 spiro atoms. The zero-order valence-electron chi connectivity index (χ0n) is 29.0. The normalized spacial score (nSPS) is 26.9. The van der Waals surface area contributed by atoms with E-state index in [-0.39, 0.29) is 42.3 Å². The highest BCUT2D eigenvalue weighted by molar-refractivity contribution is 7.91. The van der Waals surface area contributed by atoms with Crippen LogP contribution in [0.3, 0.4) is 0 Å². The molecule has 0 unspecified atom stereocenters. The second-order valence-corrected chi connectivity index (χ2v) is 17.5. The third kappa shape index (κ3) is 8.14. The maximum atomic E-state index is 14.0. The smallest absolute Gasteiger partial charge is 0.416 e. The summed E-state index contributed by atoms with van der Waals surface area (Å²) in [4.78, 5) is 61.3. The van der Waals surface area contributed by atoms with Crippen molar-refractivity contribution in [1.29, 1.82) is 0 Å². The Morgan fingerprint density at radius 3 is 2.54 bits per heavy atom. The Morgan fingerprint density at radius 2 is 1.87 bits per heavy atom. The fourth-order valence-corrected chi connectivity index (χ4v) is 9.19. The van der Waals surface area contributed by atoms with Crippen LogP contribution in [0.4, 0.5) is 23.7 Å². The van der Waals surface area contributed by atoms with Crippen LogP contribution < -0.4 is 15.4 Å². The monoisotopic (exact) mass is 765 g/mol. The summed E-state index contributed by atoms with van der Waals surface area (Å²) in [7, 11) is -2.29. The Kier molecular flexibility index (Phi) is 10.5. The van der Waals surface area contributed by atoms with E-state index in [0.717, 1.165) is 23.4 Å². The number of alkyl halides is 3. The predicted molar refractivity (Wildman–Crippen MR) is 186 cm³/mol. The molecule has 6 rings (SSSR count). The van der Waals surface area contributed by atoms with E-state index in [1.807, 2.05) is 26.0 Å². The van der Waals surface area contributed by atoms with Crippen molar-refractivity contribution in [2.45, 2.75) is 94.2 Å². The van der Waals surface area contributed by atoms with E-state index in [1.54, 1.807) is 13.2 Å². The SMILES string of the molecule is CC(C)c1cnc(-c2ccc(C(F)(F)F)cc2NC(=O)O[C@@H]2C[C@H]3C(=O)N[C@]4(C(=O)NS(=O)(=O)C5CC5)C[C@H]4C=CCCCCN(C)C(=O)[C@@H]3C2)s1. The number of anilines is 1. The second kappa shape index (κ2) is 14.4. The van der Waals surface area contributed by atoms with Gasteiger partial charge in [-0.1, -0.05) is 26.0 Å². The van der Waals surface area contributed by atoms with E-state index < -0.39 is 74.3 Å². The second-order valence-electron chi connectivity index (χ2n) is 14.4. The Bertz CT molecular complexity index is 1880. The van der Waals surface area contributed by atoms with Gasteiger partial charge in [0.05, 0.1) is 28.3 Å². The van der Waals surface area contributed by atoms with Crippen LogP contribution in [0, 0.1) is 17.8 Å². The summed E-state index contributed by atoms with van der Waals surface area (Å²) in [6, 6.07) is 2.95. The number of allylic oxidation sites excluding steroid dienone is 1. The topological polar surface area (TPSA) is 164 Å². The zero-order valence-corrected chi connectivity index (χ0v) is 30.6. The van der Waals surface area contributed by atoms with Crippen LogP contribution in [-0.4, -0.2) is 72.6 Å². The number of nitrogens with zero attached hydrogens (tertiary/aromatic N) is 2. The van der Waals surface area contributed by atoms with Gasteiger partial charge in [-0.25, -0.2) is 18.2 Å². The van der Waals surface area contributed by atoms with Crippen molar-refractivity contribution in [3.05, 3.63) is 47.0 Å². The van der Waals surface area contributed by atoms with Gasteiger partial charge < -0.3 is 15.0 Å². The lowest BCUT2D eigenvalue weighted by Crippen LogP contribution is -2.54. The van der Waals surface area contributed by atoms with E-state index in [9.17, 15) is 40.8 Å². The lowest BCUT2D eigenvalue weighted by Gasteiger charge is -2.26. The van der Waals surface area contributed by atoms with Gasteiger partial charge in [0.15, 0.2) is 0 Å². The minimum absolute atomic E-state index is 0.0487. The molecule has 3 saturated carbocycles. The average Bonchev–Trinajstić information content (AvgIpc) is 3.94. The number of rotatable bonds is 7. The van der Waals surface area contributed by atoms with E-state index >= 15 is 0 Å². The van der Waals surface area contributed by atoms with E-state index in [1.165, 1.54) is 22.3 Å². The number of fused-ring (bicyclic) bond motifs is 2. The van der Waals surface area contributed by atoms with Crippen molar-refractivity contribution in [1.82, 2.24) is 19.9 Å². The van der Waals surface area contributed by atoms with Crippen LogP contribution in [-0.2, 0) is 35.3 Å². The lowest BCUT2D eigenvalue weighted by atomic mass is 9.93. The van der Waals surface area contributed by atoms with Gasteiger partial charge in [0.2, 0.25) is 21.8 Å². The van der Waals surface area contributed by atoms with E-state index in [4.69, 9.17) is 4.74 Å². The number of amides is 4. The maximum absolute atomic E-state index is 14.0. The molecule has 4 aliphatic rings. The number of ether oxygens (including phenoxy) is 1. The van der Waals surface area contributed by atoms with Gasteiger partial charge in [0.25, 0.3) is 5.91 Å². The molecular formula is C35H42F3N5O7S2. The number of benzene rings is 1. The van der Waals surface area contributed by atoms with Crippen LogP contribution in [0.15, 0.2) is 36.5 Å². The van der Waals surface area contributed by atoms with Crippen molar-refractivity contribution < 1.29 is 45.5 Å². The molecular weight excluding hydrogens is 724 g/mol. The molecule has 17 heteroatoms. The molecule has 52 heavy (non-hydrogen) atoms. The summed E-state index contributed by atoms with van der Waals surface area (Å²) >= 11 is 1.28. The van der Waals surface area contributed by atoms with Gasteiger partial charge in [0.1, 0.15) is 16.7 Å². The summed E-state index contributed by atoms with van der Waals surface area (Å²) in [6.07, 6.45) is 1.57. The molecule has 2 heterocycles. The third-order valence-electron chi connectivity index (χ3n) is 10.2. The van der Waals surface area contributed by atoms with Crippen molar-refractivity contribution >= 4 is 50.9 Å². The van der Waals surface area contributed by atoms with Gasteiger partial charge >= 0.3 is 12.3 Å².